The summed E-state index contributed by atoms with van der Waals surface area (Å²) < 4.78 is 3.75. The highest BCUT2D eigenvalue weighted by Gasteiger charge is 2.23. The Balaban J connectivity index is 1.79. The molecule has 3 aromatic heterocycles. The van der Waals surface area contributed by atoms with Crippen molar-refractivity contribution in [3.63, 3.8) is 0 Å². The van der Waals surface area contributed by atoms with Crippen LogP contribution in [0.2, 0.25) is 0 Å². The van der Waals surface area contributed by atoms with Gasteiger partial charge in [0.15, 0.2) is 0 Å². The quantitative estimate of drug-likeness (QED) is 0.575. The summed E-state index contributed by atoms with van der Waals surface area (Å²) in [5, 5.41) is 1.01. The fourth-order valence-corrected chi connectivity index (χ4v) is 4.46. The molecule has 0 atom stereocenters. The number of hydrogen-bond acceptors (Lipinski definition) is 4. The van der Waals surface area contributed by atoms with Crippen LogP contribution < -0.4 is 11.4 Å². The molecular weight excluding hydrogens is 350 g/mol. The second kappa shape index (κ2) is 6.48. The lowest BCUT2D eigenvalue weighted by Crippen LogP contribution is -2.27. The van der Waals surface area contributed by atoms with Gasteiger partial charge >= 0.3 is 5.69 Å². The molecule has 0 spiro atoms. The molecule has 142 valence electrons. The Morgan fingerprint density at radius 2 is 1.79 bits per heavy atom. The van der Waals surface area contributed by atoms with Gasteiger partial charge in [-0.2, -0.15) is 0 Å². The van der Waals surface area contributed by atoms with Crippen LogP contribution in [0.3, 0.4) is 0 Å². The topological polar surface area (TPSA) is 78.7 Å². The Labute approximate surface area is 162 Å². The highest BCUT2D eigenvalue weighted by molar-refractivity contribution is 6.04. The van der Waals surface area contributed by atoms with E-state index >= 15 is 0 Å². The normalized spacial score (nSPS) is 15.5. The molecule has 1 aromatic carbocycles. The van der Waals surface area contributed by atoms with Crippen LogP contribution in [-0.2, 0) is 7.05 Å². The van der Waals surface area contributed by atoms with Gasteiger partial charge in [-0.05, 0) is 42.7 Å². The van der Waals surface area contributed by atoms with Crippen molar-refractivity contribution in [2.75, 3.05) is 5.73 Å². The number of nitrogens with two attached hydrogens (primary N) is 1. The van der Waals surface area contributed by atoms with E-state index in [0.717, 1.165) is 45.9 Å². The van der Waals surface area contributed by atoms with E-state index in [4.69, 9.17) is 5.73 Å². The van der Waals surface area contributed by atoms with Crippen molar-refractivity contribution in [2.24, 2.45) is 7.05 Å². The first kappa shape index (κ1) is 17.0. The number of benzene rings is 1. The highest BCUT2D eigenvalue weighted by atomic mass is 16.1. The Hall–Kier alpha value is -3.15. The molecule has 0 radical (unpaired) electrons. The molecule has 5 rings (SSSR count). The largest absolute Gasteiger partial charge is 0.384 e. The molecule has 28 heavy (non-hydrogen) atoms. The Kier molecular flexibility index (Phi) is 3.93. The SMILES string of the molecule is Cn1c(=O)n(C2CCCCC2)c2c3cc(-c4ccc(N)nc4)ccc3ncc21. The number of aromatic nitrogens is 4. The van der Waals surface area contributed by atoms with Gasteiger partial charge in [-0.1, -0.05) is 25.3 Å². The maximum atomic E-state index is 13.1. The van der Waals surface area contributed by atoms with Crippen LogP contribution in [0.4, 0.5) is 5.82 Å². The molecule has 0 unspecified atom stereocenters. The number of anilines is 1. The molecule has 1 aliphatic rings. The molecule has 0 bridgehead atoms. The van der Waals surface area contributed by atoms with Gasteiger partial charge in [0.2, 0.25) is 0 Å². The zero-order valence-electron chi connectivity index (χ0n) is 15.9. The second-order valence-electron chi connectivity index (χ2n) is 7.70. The van der Waals surface area contributed by atoms with Crippen molar-refractivity contribution in [2.45, 2.75) is 38.1 Å². The van der Waals surface area contributed by atoms with Crippen molar-refractivity contribution in [3.8, 4) is 11.1 Å². The van der Waals surface area contributed by atoms with E-state index < -0.39 is 0 Å². The molecule has 1 saturated carbocycles. The number of rotatable bonds is 2. The van der Waals surface area contributed by atoms with Gasteiger partial charge < -0.3 is 5.73 Å². The summed E-state index contributed by atoms with van der Waals surface area (Å²) in [6.07, 6.45) is 9.34. The standard InChI is InChI=1S/C22H23N5O/c1-26-19-13-24-18-9-7-14(15-8-10-20(23)25-12-15)11-17(18)21(19)27(22(26)28)16-5-3-2-4-6-16/h7-13,16H,2-6H2,1H3,(H2,23,25). The number of pyridine rings is 2. The monoisotopic (exact) mass is 373 g/mol. The number of fused-ring (bicyclic) bond motifs is 3. The minimum absolute atomic E-state index is 0.0516. The molecule has 1 aliphatic carbocycles. The molecule has 0 aliphatic heterocycles. The lowest BCUT2D eigenvalue weighted by molar-refractivity contribution is 0.351. The first-order valence-electron chi connectivity index (χ1n) is 9.85. The molecular formula is C22H23N5O. The Morgan fingerprint density at radius 3 is 2.54 bits per heavy atom. The zero-order chi connectivity index (χ0) is 19.3. The fourth-order valence-electron chi connectivity index (χ4n) is 4.46. The van der Waals surface area contributed by atoms with Gasteiger partial charge in [-0.15, -0.1) is 0 Å². The molecule has 6 heteroatoms. The average Bonchev–Trinajstić information content (AvgIpc) is 3.00. The number of nitrogens with zero attached hydrogens (tertiary/aromatic N) is 4. The van der Waals surface area contributed by atoms with E-state index in [1.54, 1.807) is 16.8 Å². The van der Waals surface area contributed by atoms with Crippen molar-refractivity contribution in [1.82, 2.24) is 19.1 Å². The number of imidazole rings is 1. The van der Waals surface area contributed by atoms with Gasteiger partial charge in [0.05, 0.1) is 22.7 Å². The predicted molar refractivity (Wildman–Crippen MR) is 112 cm³/mol. The van der Waals surface area contributed by atoms with Crippen molar-refractivity contribution < 1.29 is 0 Å². The van der Waals surface area contributed by atoms with Crippen LogP contribution in [0, 0.1) is 0 Å². The van der Waals surface area contributed by atoms with Gasteiger partial charge in [0.25, 0.3) is 0 Å². The second-order valence-corrected chi connectivity index (χ2v) is 7.70. The maximum Gasteiger partial charge on any atom is 0.329 e. The third-order valence-electron chi connectivity index (χ3n) is 5.98. The molecule has 3 heterocycles. The Bertz CT molecular complexity index is 1230. The summed E-state index contributed by atoms with van der Waals surface area (Å²) in [4.78, 5) is 21.9. The van der Waals surface area contributed by atoms with Crippen molar-refractivity contribution in [3.05, 3.63) is 53.2 Å². The zero-order valence-corrected chi connectivity index (χ0v) is 15.9. The first-order valence-corrected chi connectivity index (χ1v) is 9.85. The maximum absolute atomic E-state index is 13.1. The van der Waals surface area contributed by atoms with Crippen molar-refractivity contribution in [1.29, 1.82) is 0 Å². The summed E-state index contributed by atoms with van der Waals surface area (Å²) in [5.74, 6) is 0.503. The number of aryl methyl sites for hydroxylation is 1. The molecule has 6 nitrogen and oxygen atoms in total. The molecule has 0 amide bonds. The minimum atomic E-state index is 0.0516. The third kappa shape index (κ3) is 2.59. The van der Waals surface area contributed by atoms with Crippen LogP contribution in [0.25, 0.3) is 33.1 Å². The number of hydrogen-bond donors (Lipinski definition) is 1. The van der Waals surface area contributed by atoms with Crippen molar-refractivity contribution >= 4 is 27.8 Å². The lowest BCUT2D eigenvalue weighted by atomic mass is 9.95. The highest BCUT2D eigenvalue weighted by Crippen LogP contribution is 2.33. The van der Waals surface area contributed by atoms with Crippen LogP contribution in [0.5, 0.6) is 0 Å². The molecule has 2 N–H and O–H groups in total. The minimum Gasteiger partial charge on any atom is -0.384 e. The smallest absolute Gasteiger partial charge is 0.329 e. The van der Waals surface area contributed by atoms with Crippen LogP contribution in [0.1, 0.15) is 38.1 Å². The summed E-state index contributed by atoms with van der Waals surface area (Å²) >= 11 is 0. The van der Waals surface area contributed by atoms with Gasteiger partial charge in [-0.3, -0.25) is 14.1 Å². The van der Waals surface area contributed by atoms with Gasteiger partial charge in [0, 0.05) is 30.2 Å². The van der Waals surface area contributed by atoms with Gasteiger partial charge in [-0.25, -0.2) is 9.78 Å². The van der Waals surface area contributed by atoms with E-state index in [1.807, 2.05) is 36.0 Å². The van der Waals surface area contributed by atoms with Crippen LogP contribution in [0.15, 0.2) is 47.5 Å². The van der Waals surface area contributed by atoms with Gasteiger partial charge in [0.1, 0.15) is 5.82 Å². The number of nitrogen functional groups attached to an aromatic ring is 1. The van der Waals surface area contributed by atoms with Crippen LogP contribution in [-0.4, -0.2) is 19.1 Å². The lowest BCUT2D eigenvalue weighted by Gasteiger charge is -2.23. The summed E-state index contributed by atoms with van der Waals surface area (Å²) in [6.45, 7) is 0. The predicted octanol–water partition coefficient (Wildman–Crippen LogP) is 4.04. The van der Waals surface area contributed by atoms with E-state index in [9.17, 15) is 4.79 Å². The van der Waals surface area contributed by atoms with Crippen LogP contribution >= 0.6 is 0 Å². The molecule has 1 fully saturated rings. The summed E-state index contributed by atoms with van der Waals surface area (Å²) in [6, 6.07) is 10.2. The first-order chi connectivity index (χ1) is 13.6. The van der Waals surface area contributed by atoms with E-state index in [-0.39, 0.29) is 11.7 Å². The molecule has 0 saturated heterocycles. The average molecular weight is 373 g/mol. The van der Waals surface area contributed by atoms with E-state index in [0.29, 0.717) is 5.82 Å². The third-order valence-corrected chi connectivity index (χ3v) is 5.98. The fraction of sp³-hybridized carbons (Fsp3) is 0.318. The van der Waals surface area contributed by atoms with E-state index in [2.05, 4.69) is 16.0 Å². The summed E-state index contributed by atoms with van der Waals surface area (Å²) in [7, 11) is 1.84. The summed E-state index contributed by atoms with van der Waals surface area (Å²) in [5.41, 5.74) is 10.6. The van der Waals surface area contributed by atoms with E-state index in [1.165, 1.54) is 19.3 Å². The Morgan fingerprint density at radius 1 is 1.00 bits per heavy atom. The molecule has 4 aromatic rings.